The molecule has 0 atom stereocenters. The predicted octanol–water partition coefficient (Wildman–Crippen LogP) is 1.96. The number of amides is 1. The number of ether oxygens (including phenoxy) is 2. The van der Waals surface area contributed by atoms with Gasteiger partial charge in [0.2, 0.25) is 5.91 Å². The van der Waals surface area contributed by atoms with E-state index in [0.29, 0.717) is 36.9 Å². The van der Waals surface area contributed by atoms with E-state index < -0.39 is 5.97 Å². The number of morpholine rings is 1. The fraction of sp³-hybridized carbons (Fsp3) is 0.556. The maximum Gasteiger partial charge on any atom is 0.350 e. The number of hydrogen-bond acceptors (Lipinski definition) is 6. The Bertz CT molecular complexity index is 721. The van der Waals surface area contributed by atoms with Crippen molar-refractivity contribution < 1.29 is 19.1 Å². The number of hydrogen-bond donors (Lipinski definition) is 1. The van der Waals surface area contributed by atoms with Gasteiger partial charge in [0.15, 0.2) is 0 Å². The Morgan fingerprint density at radius 2 is 2.12 bits per heavy atom. The molecule has 1 aromatic rings. The highest BCUT2D eigenvalue weighted by molar-refractivity contribution is 7.15. The molecule has 2 fully saturated rings. The first-order valence-electron chi connectivity index (χ1n) is 8.35. The highest BCUT2D eigenvalue weighted by atomic mass is 32.1. The average Bonchev–Trinajstić information content (AvgIpc) is 3.23. The van der Waals surface area contributed by atoms with Crippen molar-refractivity contribution in [1.29, 1.82) is 0 Å². The Morgan fingerprint density at radius 1 is 1.40 bits per heavy atom. The number of methoxy groups -OCH3 is 1. The van der Waals surface area contributed by atoms with Crippen LogP contribution in [0.5, 0.6) is 0 Å². The first-order chi connectivity index (χ1) is 12.0. The maximum absolute atomic E-state index is 12.3. The molecule has 6 nitrogen and oxygen atoms in total. The van der Waals surface area contributed by atoms with E-state index in [9.17, 15) is 9.59 Å². The molecule has 1 amide bonds. The molecule has 25 heavy (non-hydrogen) atoms. The number of nitrogens with zero attached hydrogens (tertiary/aromatic N) is 1. The van der Waals surface area contributed by atoms with Crippen molar-refractivity contribution in [3.8, 4) is 11.8 Å². The molecule has 2 heterocycles. The number of rotatable bonds is 4. The molecule has 0 spiro atoms. The van der Waals surface area contributed by atoms with Crippen LogP contribution < -0.4 is 5.32 Å². The third kappa shape index (κ3) is 4.53. The number of thiophene rings is 1. The minimum absolute atomic E-state index is 0.0107. The van der Waals surface area contributed by atoms with Gasteiger partial charge in [0.1, 0.15) is 4.88 Å². The maximum atomic E-state index is 12.3. The van der Waals surface area contributed by atoms with E-state index in [2.05, 4.69) is 24.1 Å². The summed E-state index contributed by atoms with van der Waals surface area (Å²) >= 11 is 1.29. The standard InChI is InChI=1S/C18H22N2O4S/c1-18(5-6-18)4-3-13-11-14(16(25-13)17(22)23-2)19-12-15(21)20-7-9-24-10-8-20/h11,19H,5-10,12H2,1-2H3. The number of esters is 1. The molecule has 0 unspecified atom stereocenters. The van der Waals surface area contributed by atoms with Crippen molar-refractivity contribution in [2.75, 3.05) is 45.3 Å². The summed E-state index contributed by atoms with van der Waals surface area (Å²) in [4.78, 5) is 27.3. The molecule has 1 aliphatic heterocycles. The normalized spacial score (nSPS) is 18.1. The molecule has 134 valence electrons. The van der Waals surface area contributed by atoms with Crippen LogP contribution in [0, 0.1) is 17.3 Å². The third-order valence-electron chi connectivity index (χ3n) is 4.38. The van der Waals surface area contributed by atoms with Crippen LogP contribution in [0.3, 0.4) is 0 Å². The molecule has 0 aromatic carbocycles. The minimum atomic E-state index is -0.419. The summed E-state index contributed by atoms with van der Waals surface area (Å²) < 4.78 is 10.1. The van der Waals surface area contributed by atoms with E-state index in [1.807, 2.05) is 6.07 Å². The van der Waals surface area contributed by atoms with E-state index in [0.717, 1.165) is 17.7 Å². The summed E-state index contributed by atoms with van der Waals surface area (Å²) in [6, 6.07) is 1.82. The van der Waals surface area contributed by atoms with Gasteiger partial charge >= 0.3 is 5.97 Å². The monoisotopic (exact) mass is 362 g/mol. The summed E-state index contributed by atoms with van der Waals surface area (Å²) in [7, 11) is 1.35. The molecule has 1 N–H and O–H groups in total. The zero-order valence-corrected chi connectivity index (χ0v) is 15.3. The second-order valence-corrected chi connectivity index (χ2v) is 7.55. The Hall–Kier alpha value is -2.04. The molecular weight excluding hydrogens is 340 g/mol. The molecule has 1 aromatic heterocycles. The lowest BCUT2D eigenvalue weighted by molar-refractivity contribution is -0.133. The summed E-state index contributed by atoms with van der Waals surface area (Å²) in [6.07, 6.45) is 2.24. The molecule has 7 heteroatoms. The minimum Gasteiger partial charge on any atom is -0.465 e. The zero-order chi connectivity index (χ0) is 17.9. The summed E-state index contributed by atoms with van der Waals surface area (Å²) in [6.45, 7) is 4.60. The van der Waals surface area contributed by atoms with Gasteiger partial charge in [0.25, 0.3) is 0 Å². The van der Waals surface area contributed by atoms with E-state index in [1.165, 1.54) is 18.4 Å². The zero-order valence-electron chi connectivity index (χ0n) is 14.5. The summed E-state index contributed by atoms with van der Waals surface area (Å²) in [5.41, 5.74) is 0.721. The van der Waals surface area contributed by atoms with Crippen LogP contribution in [0.2, 0.25) is 0 Å². The highest BCUT2D eigenvalue weighted by Gasteiger charge is 2.35. The quantitative estimate of drug-likeness (QED) is 0.655. The van der Waals surface area contributed by atoms with Crippen molar-refractivity contribution in [1.82, 2.24) is 4.90 Å². The SMILES string of the molecule is COC(=O)c1sc(C#CC2(C)CC2)cc1NCC(=O)N1CCOCC1. The van der Waals surface area contributed by atoms with Crippen molar-refractivity contribution >= 4 is 28.9 Å². The molecule has 1 saturated heterocycles. The number of carbonyl (C=O) groups excluding carboxylic acids is 2. The first-order valence-corrected chi connectivity index (χ1v) is 9.17. The number of anilines is 1. The summed E-state index contributed by atoms with van der Waals surface area (Å²) in [5, 5.41) is 3.07. The van der Waals surface area contributed by atoms with Gasteiger partial charge in [-0.15, -0.1) is 11.3 Å². The fourth-order valence-electron chi connectivity index (χ4n) is 2.45. The van der Waals surface area contributed by atoms with E-state index in [-0.39, 0.29) is 17.9 Å². The van der Waals surface area contributed by atoms with Crippen LogP contribution in [0.15, 0.2) is 6.07 Å². The van der Waals surface area contributed by atoms with Crippen molar-refractivity contribution in [3.05, 3.63) is 15.8 Å². The number of carbonyl (C=O) groups is 2. The molecule has 0 bridgehead atoms. The van der Waals surface area contributed by atoms with Gasteiger partial charge < -0.3 is 19.7 Å². The topological polar surface area (TPSA) is 67.9 Å². The van der Waals surface area contributed by atoms with Crippen LogP contribution in [0.4, 0.5) is 5.69 Å². The molecule has 3 rings (SSSR count). The van der Waals surface area contributed by atoms with Crippen LogP contribution in [-0.4, -0.2) is 56.7 Å². The van der Waals surface area contributed by atoms with Crippen LogP contribution >= 0.6 is 11.3 Å². The molecule has 1 aliphatic carbocycles. The molecule has 2 aliphatic rings. The lowest BCUT2D eigenvalue weighted by atomic mass is 10.1. The van der Waals surface area contributed by atoms with Gasteiger partial charge in [-0.05, 0) is 25.8 Å². The lowest BCUT2D eigenvalue weighted by Gasteiger charge is -2.27. The molecular formula is C18H22N2O4S. The van der Waals surface area contributed by atoms with Gasteiger partial charge in [-0.3, -0.25) is 4.79 Å². The van der Waals surface area contributed by atoms with E-state index in [1.54, 1.807) is 4.90 Å². The Labute approximate surface area is 151 Å². The first kappa shape index (κ1) is 17.8. The molecule has 0 radical (unpaired) electrons. The Balaban J connectivity index is 1.69. The van der Waals surface area contributed by atoms with E-state index in [4.69, 9.17) is 9.47 Å². The average molecular weight is 362 g/mol. The predicted molar refractivity (Wildman–Crippen MR) is 95.8 cm³/mol. The molecule has 1 saturated carbocycles. The second-order valence-electron chi connectivity index (χ2n) is 6.50. The Morgan fingerprint density at radius 3 is 2.76 bits per heavy atom. The van der Waals surface area contributed by atoms with Gasteiger partial charge in [0, 0.05) is 18.5 Å². The van der Waals surface area contributed by atoms with Gasteiger partial charge in [0.05, 0.1) is 37.4 Å². The van der Waals surface area contributed by atoms with Crippen molar-refractivity contribution in [3.63, 3.8) is 0 Å². The van der Waals surface area contributed by atoms with Crippen molar-refractivity contribution in [2.24, 2.45) is 5.41 Å². The van der Waals surface area contributed by atoms with E-state index >= 15 is 0 Å². The van der Waals surface area contributed by atoms with Crippen LogP contribution in [0.25, 0.3) is 0 Å². The van der Waals surface area contributed by atoms with Crippen LogP contribution in [-0.2, 0) is 14.3 Å². The van der Waals surface area contributed by atoms with Gasteiger partial charge in [-0.2, -0.15) is 0 Å². The Kier molecular flexibility index (Phi) is 5.30. The van der Waals surface area contributed by atoms with Crippen molar-refractivity contribution in [2.45, 2.75) is 19.8 Å². The van der Waals surface area contributed by atoms with Crippen LogP contribution in [0.1, 0.15) is 34.3 Å². The smallest absolute Gasteiger partial charge is 0.350 e. The summed E-state index contributed by atoms with van der Waals surface area (Å²) in [5.74, 6) is 5.97. The number of nitrogens with one attached hydrogen (secondary N) is 1. The largest absolute Gasteiger partial charge is 0.465 e. The highest BCUT2D eigenvalue weighted by Crippen LogP contribution is 2.44. The lowest BCUT2D eigenvalue weighted by Crippen LogP contribution is -2.43. The van der Waals surface area contributed by atoms with Gasteiger partial charge in [-0.25, -0.2) is 4.79 Å². The van der Waals surface area contributed by atoms with Gasteiger partial charge in [-0.1, -0.05) is 11.8 Å². The fourth-order valence-corrected chi connectivity index (χ4v) is 3.36. The third-order valence-corrected chi connectivity index (χ3v) is 5.41. The second kappa shape index (κ2) is 7.46.